The number of hydrogen-bond acceptors (Lipinski definition) is 2. The van der Waals surface area contributed by atoms with Crippen LogP contribution >= 0.6 is 0 Å². The van der Waals surface area contributed by atoms with Gasteiger partial charge in [0, 0.05) is 24.7 Å². The molecule has 1 aliphatic heterocycles. The van der Waals surface area contributed by atoms with Crippen LogP contribution in [-0.2, 0) is 0 Å². The van der Waals surface area contributed by atoms with Crippen molar-refractivity contribution in [3.63, 3.8) is 0 Å². The molecule has 2 rings (SSSR count). The fourth-order valence-corrected chi connectivity index (χ4v) is 1.61. The van der Waals surface area contributed by atoms with Crippen molar-refractivity contribution in [1.82, 2.24) is 10.6 Å². The van der Waals surface area contributed by atoms with Gasteiger partial charge < -0.3 is 10.6 Å². The molecule has 2 fully saturated rings. The largest absolute Gasteiger partial charge is 0.311 e. The first kappa shape index (κ1) is 6.62. The van der Waals surface area contributed by atoms with E-state index >= 15 is 0 Å². The van der Waals surface area contributed by atoms with E-state index in [1.54, 1.807) is 0 Å². The quantitative estimate of drug-likeness (QED) is 0.554. The lowest BCUT2D eigenvalue weighted by Crippen LogP contribution is -2.55. The van der Waals surface area contributed by atoms with Gasteiger partial charge >= 0.3 is 0 Å². The molecule has 58 valence electrons. The van der Waals surface area contributed by atoms with Gasteiger partial charge in [-0.2, -0.15) is 0 Å². The van der Waals surface area contributed by atoms with E-state index in [-0.39, 0.29) is 0 Å². The monoisotopic (exact) mass is 140 g/mol. The molecule has 1 atom stereocenters. The molecule has 0 aromatic carbocycles. The topological polar surface area (TPSA) is 24.1 Å². The molecule has 2 nitrogen and oxygen atoms in total. The van der Waals surface area contributed by atoms with E-state index in [4.69, 9.17) is 0 Å². The van der Waals surface area contributed by atoms with Crippen LogP contribution in [0.4, 0.5) is 0 Å². The van der Waals surface area contributed by atoms with Gasteiger partial charge in [0.2, 0.25) is 0 Å². The number of nitrogens with one attached hydrogen (secondary N) is 2. The second-order valence-electron chi connectivity index (χ2n) is 3.65. The zero-order valence-electron chi connectivity index (χ0n) is 6.61. The molecule has 1 aliphatic carbocycles. The lowest BCUT2D eigenvalue weighted by Gasteiger charge is -2.30. The Morgan fingerprint density at radius 3 is 2.70 bits per heavy atom. The summed E-state index contributed by atoms with van der Waals surface area (Å²) in [4.78, 5) is 0. The van der Waals surface area contributed by atoms with E-state index < -0.39 is 0 Å². The van der Waals surface area contributed by atoms with Crippen molar-refractivity contribution in [2.75, 3.05) is 13.1 Å². The van der Waals surface area contributed by atoms with Crippen molar-refractivity contribution in [3.05, 3.63) is 0 Å². The van der Waals surface area contributed by atoms with Crippen molar-refractivity contribution in [1.29, 1.82) is 0 Å². The average Bonchev–Trinajstić information content (AvgIpc) is 2.72. The minimum absolute atomic E-state index is 0.547. The minimum Gasteiger partial charge on any atom is -0.311 e. The van der Waals surface area contributed by atoms with E-state index in [0.717, 1.165) is 6.04 Å². The van der Waals surface area contributed by atoms with Gasteiger partial charge in [-0.15, -0.1) is 0 Å². The average molecular weight is 140 g/mol. The maximum Gasteiger partial charge on any atom is 0.0308 e. The summed E-state index contributed by atoms with van der Waals surface area (Å²) in [5.41, 5.74) is 0.547. The fraction of sp³-hybridized carbons (Fsp3) is 1.00. The fourth-order valence-electron chi connectivity index (χ4n) is 1.61. The van der Waals surface area contributed by atoms with Crippen LogP contribution in [0.5, 0.6) is 0 Å². The molecule has 1 saturated carbocycles. The third-order valence-corrected chi connectivity index (χ3v) is 2.80. The molecule has 0 radical (unpaired) electrons. The smallest absolute Gasteiger partial charge is 0.0308 e. The van der Waals surface area contributed by atoms with E-state index in [9.17, 15) is 0 Å². The van der Waals surface area contributed by atoms with E-state index in [1.165, 1.54) is 32.4 Å². The van der Waals surface area contributed by atoms with Crippen LogP contribution in [0.1, 0.15) is 26.2 Å². The molecule has 1 unspecified atom stereocenters. The van der Waals surface area contributed by atoms with Gasteiger partial charge in [-0.25, -0.2) is 0 Å². The van der Waals surface area contributed by atoms with Crippen molar-refractivity contribution < 1.29 is 0 Å². The molecular formula is C8H16N2. The van der Waals surface area contributed by atoms with Crippen molar-refractivity contribution >= 4 is 0 Å². The summed E-state index contributed by atoms with van der Waals surface area (Å²) in [5.74, 6) is 0. The van der Waals surface area contributed by atoms with Gasteiger partial charge in [0.25, 0.3) is 0 Å². The highest BCUT2D eigenvalue weighted by Crippen LogP contribution is 2.35. The number of hydrogen-bond donors (Lipinski definition) is 2. The first-order chi connectivity index (χ1) is 4.85. The summed E-state index contributed by atoms with van der Waals surface area (Å²) < 4.78 is 0. The maximum atomic E-state index is 3.61. The molecule has 1 saturated heterocycles. The molecule has 2 aliphatic rings. The molecule has 0 amide bonds. The Kier molecular flexibility index (Phi) is 1.46. The Balaban J connectivity index is 1.84. The molecule has 1 spiro atoms. The van der Waals surface area contributed by atoms with Crippen molar-refractivity contribution in [2.24, 2.45) is 0 Å². The van der Waals surface area contributed by atoms with Crippen LogP contribution in [0.2, 0.25) is 0 Å². The van der Waals surface area contributed by atoms with E-state index in [0.29, 0.717) is 5.54 Å². The summed E-state index contributed by atoms with van der Waals surface area (Å²) in [6.45, 7) is 4.62. The second kappa shape index (κ2) is 2.21. The lowest BCUT2D eigenvalue weighted by molar-refractivity contribution is 0.326. The summed E-state index contributed by atoms with van der Waals surface area (Å²) in [5, 5.41) is 7.17. The zero-order valence-corrected chi connectivity index (χ0v) is 6.61. The summed E-state index contributed by atoms with van der Waals surface area (Å²) in [6, 6.07) is 0.728. The molecule has 0 aromatic heterocycles. The predicted octanol–water partition coefficient (Wildman–Crippen LogP) is 0.490. The third kappa shape index (κ3) is 1.06. The van der Waals surface area contributed by atoms with Gasteiger partial charge in [-0.05, 0) is 19.3 Å². The van der Waals surface area contributed by atoms with Gasteiger partial charge in [0.1, 0.15) is 0 Å². The Morgan fingerprint density at radius 1 is 1.50 bits per heavy atom. The highest BCUT2D eigenvalue weighted by molar-refractivity contribution is 5.07. The highest BCUT2D eigenvalue weighted by atomic mass is 15.2. The molecular weight excluding hydrogens is 124 g/mol. The molecule has 10 heavy (non-hydrogen) atoms. The lowest BCUT2D eigenvalue weighted by atomic mass is 10.1. The van der Waals surface area contributed by atoms with Crippen molar-refractivity contribution in [2.45, 2.75) is 37.8 Å². The van der Waals surface area contributed by atoms with E-state index in [1.807, 2.05) is 0 Å². The summed E-state index contributed by atoms with van der Waals surface area (Å²) in [6.07, 6.45) is 4.02. The van der Waals surface area contributed by atoms with Gasteiger partial charge in [-0.1, -0.05) is 6.92 Å². The zero-order chi connectivity index (χ0) is 7.03. The van der Waals surface area contributed by atoms with E-state index in [2.05, 4.69) is 17.6 Å². The van der Waals surface area contributed by atoms with Crippen LogP contribution in [0, 0.1) is 0 Å². The van der Waals surface area contributed by atoms with Crippen LogP contribution in [0.25, 0.3) is 0 Å². The molecule has 2 N–H and O–H groups in total. The highest BCUT2D eigenvalue weighted by Gasteiger charge is 2.44. The SMILES string of the molecule is CCC1CNC2(CC2)CN1. The Bertz CT molecular complexity index is 119. The molecule has 0 aromatic rings. The second-order valence-corrected chi connectivity index (χ2v) is 3.65. The Hall–Kier alpha value is -0.0800. The molecule has 1 heterocycles. The predicted molar refractivity (Wildman–Crippen MR) is 42.0 cm³/mol. The van der Waals surface area contributed by atoms with Crippen LogP contribution in [0.3, 0.4) is 0 Å². The van der Waals surface area contributed by atoms with Gasteiger partial charge in [0.05, 0.1) is 0 Å². The minimum atomic E-state index is 0.547. The summed E-state index contributed by atoms with van der Waals surface area (Å²) >= 11 is 0. The molecule has 0 bridgehead atoms. The first-order valence-corrected chi connectivity index (χ1v) is 4.33. The standard InChI is InChI=1S/C8H16N2/c1-2-7-5-10-8(3-4-8)6-9-7/h7,9-10H,2-6H2,1H3. The number of piperazine rings is 1. The molecule has 2 heteroatoms. The normalized spacial score (nSPS) is 36.3. The van der Waals surface area contributed by atoms with Gasteiger partial charge in [0.15, 0.2) is 0 Å². The Morgan fingerprint density at radius 2 is 2.30 bits per heavy atom. The summed E-state index contributed by atoms with van der Waals surface area (Å²) in [7, 11) is 0. The maximum absolute atomic E-state index is 3.61. The number of rotatable bonds is 1. The van der Waals surface area contributed by atoms with Crippen LogP contribution < -0.4 is 10.6 Å². The van der Waals surface area contributed by atoms with Gasteiger partial charge in [-0.3, -0.25) is 0 Å². The van der Waals surface area contributed by atoms with Crippen LogP contribution in [0.15, 0.2) is 0 Å². The first-order valence-electron chi connectivity index (χ1n) is 4.33. The Labute approximate surface area is 62.4 Å². The van der Waals surface area contributed by atoms with Crippen LogP contribution in [-0.4, -0.2) is 24.7 Å². The third-order valence-electron chi connectivity index (χ3n) is 2.80. The van der Waals surface area contributed by atoms with Crippen molar-refractivity contribution in [3.8, 4) is 0 Å².